The molecule has 0 radical (unpaired) electrons. The number of hydrogen-bond acceptors (Lipinski definition) is 3. The van der Waals surface area contributed by atoms with Crippen molar-refractivity contribution in [3.05, 3.63) is 0 Å². The van der Waals surface area contributed by atoms with Gasteiger partial charge in [-0.3, -0.25) is 0 Å². The molecule has 1 saturated heterocycles. The topological polar surface area (TPSA) is 41.6 Å². The molecule has 1 aliphatic heterocycles. The molecular weight excluding hydrogens is 288 g/mol. The van der Waals surface area contributed by atoms with Gasteiger partial charge in [0.05, 0.1) is 0 Å². The molecule has 23 heavy (non-hydrogen) atoms. The summed E-state index contributed by atoms with van der Waals surface area (Å²) in [7, 11) is 0. The molecule has 0 bridgehead atoms. The Morgan fingerprint density at radius 2 is 1.78 bits per heavy atom. The van der Waals surface area contributed by atoms with Gasteiger partial charge in [0.15, 0.2) is 0 Å². The van der Waals surface area contributed by atoms with Crippen LogP contribution in [0.15, 0.2) is 0 Å². The summed E-state index contributed by atoms with van der Waals surface area (Å²) in [5, 5.41) is 3.75. The molecule has 2 rings (SSSR count). The lowest BCUT2D eigenvalue weighted by Crippen LogP contribution is -2.52. The summed E-state index contributed by atoms with van der Waals surface area (Å²) in [5.41, 5.74) is -0.416. The fourth-order valence-electron chi connectivity index (χ4n) is 4.19. The quantitative estimate of drug-likeness (QED) is 0.846. The molecule has 1 N–H and O–H groups in total. The van der Waals surface area contributed by atoms with Crippen LogP contribution in [0, 0.1) is 11.8 Å². The minimum atomic E-state index is -0.416. The average Bonchev–Trinajstić information content (AvgIpc) is 2.42. The van der Waals surface area contributed by atoms with Crippen LogP contribution in [0.5, 0.6) is 0 Å². The molecule has 3 unspecified atom stereocenters. The van der Waals surface area contributed by atoms with Crippen molar-refractivity contribution >= 4 is 6.09 Å². The van der Waals surface area contributed by atoms with E-state index >= 15 is 0 Å². The number of piperidine rings is 1. The predicted molar refractivity (Wildman–Crippen MR) is 94.5 cm³/mol. The smallest absolute Gasteiger partial charge is 0.410 e. The fourth-order valence-corrected chi connectivity index (χ4v) is 4.19. The van der Waals surface area contributed by atoms with Crippen LogP contribution in [0.3, 0.4) is 0 Å². The minimum absolute atomic E-state index is 0.144. The summed E-state index contributed by atoms with van der Waals surface area (Å²) >= 11 is 0. The monoisotopic (exact) mass is 324 g/mol. The van der Waals surface area contributed by atoms with Crippen molar-refractivity contribution in [3.8, 4) is 0 Å². The van der Waals surface area contributed by atoms with E-state index in [2.05, 4.69) is 19.2 Å². The predicted octanol–water partition coefficient (Wildman–Crippen LogP) is 4.19. The first-order valence-electron chi connectivity index (χ1n) is 9.47. The third-order valence-corrected chi connectivity index (χ3v) is 5.08. The number of ether oxygens (including phenoxy) is 1. The molecule has 1 aliphatic carbocycles. The second-order valence-electron chi connectivity index (χ2n) is 8.85. The van der Waals surface area contributed by atoms with E-state index in [9.17, 15) is 4.79 Å². The Labute approximate surface area is 142 Å². The minimum Gasteiger partial charge on any atom is -0.444 e. The Morgan fingerprint density at radius 3 is 2.39 bits per heavy atom. The highest BCUT2D eigenvalue weighted by atomic mass is 16.6. The second-order valence-corrected chi connectivity index (χ2v) is 8.85. The molecule has 0 aromatic carbocycles. The van der Waals surface area contributed by atoms with Crippen molar-refractivity contribution in [1.29, 1.82) is 0 Å². The molecule has 2 aliphatic rings. The summed E-state index contributed by atoms with van der Waals surface area (Å²) in [6, 6.07) is 0.891. The number of nitrogens with one attached hydrogen (secondary N) is 1. The summed E-state index contributed by atoms with van der Waals surface area (Å²) in [4.78, 5) is 14.4. The van der Waals surface area contributed by atoms with E-state index in [0.717, 1.165) is 37.8 Å². The lowest BCUT2D eigenvalue weighted by molar-refractivity contribution is 0.00931. The number of carbonyl (C=O) groups is 1. The van der Waals surface area contributed by atoms with Crippen molar-refractivity contribution in [1.82, 2.24) is 10.2 Å². The molecule has 0 aromatic heterocycles. The van der Waals surface area contributed by atoms with Crippen molar-refractivity contribution in [3.63, 3.8) is 0 Å². The van der Waals surface area contributed by atoms with E-state index in [1.807, 2.05) is 25.7 Å². The third-order valence-electron chi connectivity index (χ3n) is 5.08. The summed E-state index contributed by atoms with van der Waals surface area (Å²) in [6.45, 7) is 12.3. The van der Waals surface area contributed by atoms with Gasteiger partial charge in [0.1, 0.15) is 5.60 Å². The number of nitrogens with zero attached hydrogens (tertiary/aromatic N) is 1. The van der Waals surface area contributed by atoms with Crippen LogP contribution in [0.4, 0.5) is 4.79 Å². The summed E-state index contributed by atoms with van der Waals surface area (Å²) in [6.07, 6.45) is 7.13. The summed E-state index contributed by atoms with van der Waals surface area (Å²) < 4.78 is 5.59. The lowest BCUT2D eigenvalue weighted by atomic mass is 9.80. The first kappa shape index (κ1) is 18.6. The third kappa shape index (κ3) is 5.98. The van der Waals surface area contributed by atoms with Gasteiger partial charge in [0.25, 0.3) is 0 Å². The SMILES string of the molecule is CC1CC(C)CC(NCC2CCCCN2C(=O)OC(C)(C)C)C1. The maximum atomic E-state index is 12.5. The molecular formula is C19H36N2O2. The maximum Gasteiger partial charge on any atom is 0.410 e. The molecule has 3 atom stereocenters. The zero-order valence-electron chi connectivity index (χ0n) is 15.7. The molecule has 0 spiro atoms. The Hall–Kier alpha value is -0.770. The first-order valence-corrected chi connectivity index (χ1v) is 9.47. The average molecular weight is 325 g/mol. The van der Waals surface area contributed by atoms with Crippen molar-refractivity contribution < 1.29 is 9.53 Å². The molecule has 0 aromatic rings. The van der Waals surface area contributed by atoms with E-state index in [0.29, 0.717) is 6.04 Å². The van der Waals surface area contributed by atoms with E-state index in [-0.39, 0.29) is 12.1 Å². The zero-order chi connectivity index (χ0) is 17.0. The normalized spacial score (nSPS) is 32.7. The molecule has 1 amide bonds. The molecule has 1 heterocycles. The van der Waals surface area contributed by atoms with Gasteiger partial charge in [-0.05, 0) is 71.1 Å². The standard InChI is InChI=1S/C19H36N2O2/c1-14-10-15(2)12-16(11-14)20-13-17-8-6-7-9-21(17)18(22)23-19(3,4)5/h14-17,20H,6-13H2,1-5H3. The Balaban J connectivity index is 1.87. The van der Waals surface area contributed by atoms with E-state index in [4.69, 9.17) is 4.74 Å². The molecule has 4 nitrogen and oxygen atoms in total. The van der Waals surface area contributed by atoms with Crippen LogP contribution in [-0.4, -0.2) is 41.8 Å². The number of carbonyl (C=O) groups excluding carboxylic acids is 1. The van der Waals surface area contributed by atoms with E-state index in [1.165, 1.54) is 25.7 Å². The first-order chi connectivity index (χ1) is 10.7. The van der Waals surface area contributed by atoms with Crippen LogP contribution in [0.25, 0.3) is 0 Å². The number of hydrogen-bond donors (Lipinski definition) is 1. The van der Waals surface area contributed by atoms with Crippen LogP contribution in [0.1, 0.15) is 73.1 Å². The van der Waals surface area contributed by atoms with E-state index in [1.54, 1.807) is 0 Å². The van der Waals surface area contributed by atoms with E-state index < -0.39 is 5.60 Å². The highest BCUT2D eigenvalue weighted by molar-refractivity contribution is 5.68. The molecule has 2 fully saturated rings. The van der Waals surface area contributed by atoms with Gasteiger partial charge in [0.2, 0.25) is 0 Å². The summed E-state index contributed by atoms with van der Waals surface area (Å²) in [5.74, 6) is 1.62. The zero-order valence-corrected chi connectivity index (χ0v) is 15.7. The molecule has 1 saturated carbocycles. The van der Waals surface area contributed by atoms with Gasteiger partial charge in [-0.25, -0.2) is 4.79 Å². The number of amides is 1. The second kappa shape index (κ2) is 7.87. The van der Waals surface area contributed by atoms with Gasteiger partial charge < -0.3 is 15.0 Å². The molecule has 4 heteroatoms. The van der Waals surface area contributed by atoms with Gasteiger partial charge in [-0.2, -0.15) is 0 Å². The number of rotatable bonds is 3. The Bertz CT molecular complexity index is 381. The van der Waals surface area contributed by atoms with Crippen LogP contribution in [0.2, 0.25) is 0 Å². The fraction of sp³-hybridized carbons (Fsp3) is 0.947. The van der Waals surface area contributed by atoms with Crippen LogP contribution >= 0.6 is 0 Å². The Kier molecular flexibility index (Phi) is 6.35. The van der Waals surface area contributed by atoms with Gasteiger partial charge in [-0.15, -0.1) is 0 Å². The van der Waals surface area contributed by atoms with Crippen LogP contribution in [-0.2, 0) is 4.74 Å². The van der Waals surface area contributed by atoms with Crippen LogP contribution < -0.4 is 5.32 Å². The number of likely N-dealkylation sites (tertiary alicyclic amines) is 1. The largest absolute Gasteiger partial charge is 0.444 e. The van der Waals surface area contributed by atoms with Crippen molar-refractivity contribution in [2.75, 3.05) is 13.1 Å². The van der Waals surface area contributed by atoms with Gasteiger partial charge >= 0.3 is 6.09 Å². The highest BCUT2D eigenvalue weighted by Gasteiger charge is 2.31. The highest BCUT2D eigenvalue weighted by Crippen LogP contribution is 2.29. The van der Waals surface area contributed by atoms with Crippen molar-refractivity contribution in [2.24, 2.45) is 11.8 Å². The molecule has 134 valence electrons. The van der Waals surface area contributed by atoms with Crippen molar-refractivity contribution in [2.45, 2.75) is 90.8 Å². The lowest BCUT2D eigenvalue weighted by Gasteiger charge is -2.39. The van der Waals surface area contributed by atoms with Gasteiger partial charge in [0, 0.05) is 25.2 Å². The van der Waals surface area contributed by atoms with Gasteiger partial charge in [-0.1, -0.05) is 13.8 Å². The maximum absolute atomic E-state index is 12.5. The Morgan fingerprint density at radius 1 is 1.13 bits per heavy atom.